The zero-order valence-corrected chi connectivity index (χ0v) is 14.0. The molecule has 1 fully saturated rings. The minimum absolute atomic E-state index is 0.0548. The number of anilines is 1. The fourth-order valence-electron chi connectivity index (χ4n) is 3.42. The van der Waals surface area contributed by atoms with Gasteiger partial charge in [0.15, 0.2) is 5.82 Å². The average molecular weight is 339 g/mol. The fraction of sp³-hybridized carbons (Fsp3) is 0.412. The van der Waals surface area contributed by atoms with E-state index in [9.17, 15) is 5.11 Å². The van der Waals surface area contributed by atoms with Crippen molar-refractivity contribution in [3.63, 3.8) is 0 Å². The Labute approximate surface area is 145 Å². The lowest BCUT2D eigenvalue weighted by atomic mass is 10.1. The molecule has 0 bridgehead atoms. The molecule has 3 aromatic rings. The SMILES string of the molecule is Cc1cc(-n2cccn2)nc(N[C@@H]2CC(Cn3ccnc3)C[C@H]2O)n1. The Kier molecular flexibility index (Phi) is 4.19. The van der Waals surface area contributed by atoms with Gasteiger partial charge in [-0.1, -0.05) is 0 Å². The molecule has 1 unspecified atom stereocenters. The molecule has 1 saturated carbocycles. The summed E-state index contributed by atoms with van der Waals surface area (Å²) < 4.78 is 3.76. The Balaban J connectivity index is 1.46. The van der Waals surface area contributed by atoms with Gasteiger partial charge < -0.3 is 15.0 Å². The van der Waals surface area contributed by atoms with E-state index in [2.05, 4.69) is 29.9 Å². The lowest BCUT2D eigenvalue weighted by Gasteiger charge is -2.17. The van der Waals surface area contributed by atoms with Crippen LogP contribution in [0.25, 0.3) is 5.82 Å². The summed E-state index contributed by atoms with van der Waals surface area (Å²) in [5, 5.41) is 17.9. The minimum atomic E-state index is -0.411. The van der Waals surface area contributed by atoms with Crippen molar-refractivity contribution < 1.29 is 5.11 Å². The maximum absolute atomic E-state index is 10.4. The van der Waals surface area contributed by atoms with Gasteiger partial charge in [0.1, 0.15) is 0 Å². The molecule has 25 heavy (non-hydrogen) atoms. The Morgan fingerprint density at radius 1 is 1.24 bits per heavy atom. The summed E-state index contributed by atoms with van der Waals surface area (Å²) >= 11 is 0. The third-order valence-corrected chi connectivity index (χ3v) is 4.55. The number of nitrogens with zero attached hydrogens (tertiary/aromatic N) is 6. The van der Waals surface area contributed by atoms with Gasteiger partial charge in [-0.15, -0.1) is 0 Å². The standard InChI is InChI=1S/C17H21N7O/c1-12-7-16(24-5-2-3-19-24)22-17(20-12)21-14-8-13(9-15(14)25)10-23-6-4-18-11-23/h2-7,11,13-15,25H,8-10H2,1H3,(H,20,21,22)/t13?,14-,15-/m1/s1. The Morgan fingerprint density at radius 3 is 2.92 bits per heavy atom. The van der Waals surface area contributed by atoms with Crippen LogP contribution in [0.2, 0.25) is 0 Å². The van der Waals surface area contributed by atoms with Crippen molar-refractivity contribution in [2.24, 2.45) is 5.92 Å². The van der Waals surface area contributed by atoms with E-state index in [0.717, 1.165) is 25.1 Å². The molecule has 8 heteroatoms. The van der Waals surface area contributed by atoms with Crippen LogP contribution < -0.4 is 5.32 Å². The van der Waals surface area contributed by atoms with Crippen molar-refractivity contribution in [2.75, 3.05) is 5.32 Å². The molecule has 0 aliphatic heterocycles. The van der Waals surface area contributed by atoms with Crippen LogP contribution in [0.3, 0.4) is 0 Å². The molecule has 3 heterocycles. The predicted octanol–water partition coefficient (Wildman–Crippen LogP) is 1.42. The monoisotopic (exact) mass is 339 g/mol. The Morgan fingerprint density at radius 2 is 2.16 bits per heavy atom. The average Bonchev–Trinajstić information content (AvgIpc) is 3.31. The molecule has 1 aliphatic rings. The molecule has 0 aromatic carbocycles. The molecular weight excluding hydrogens is 318 g/mol. The van der Waals surface area contributed by atoms with Crippen LogP contribution >= 0.6 is 0 Å². The number of hydrogen-bond donors (Lipinski definition) is 2. The predicted molar refractivity (Wildman–Crippen MR) is 92.3 cm³/mol. The largest absolute Gasteiger partial charge is 0.391 e. The zero-order valence-electron chi connectivity index (χ0n) is 14.0. The molecule has 0 radical (unpaired) electrons. The van der Waals surface area contributed by atoms with Crippen molar-refractivity contribution >= 4 is 5.95 Å². The van der Waals surface area contributed by atoms with E-state index < -0.39 is 6.10 Å². The Bertz CT molecular complexity index is 816. The first-order valence-electron chi connectivity index (χ1n) is 8.43. The second kappa shape index (κ2) is 6.64. The van der Waals surface area contributed by atoms with Crippen molar-refractivity contribution in [3.05, 3.63) is 48.9 Å². The van der Waals surface area contributed by atoms with Crippen LogP contribution in [0.1, 0.15) is 18.5 Å². The van der Waals surface area contributed by atoms with Crippen LogP contribution in [0.4, 0.5) is 5.95 Å². The molecule has 8 nitrogen and oxygen atoms in total. The van der Waals surface area contributed by atoms with Crippen LogP contribution in [-0.4, -0.2) is 46.6 Å². The molecule has 1 aliphatic carbocycles. The molecule has 0 spiro atoms. The highest BCUT2D eigenvalue weighted by atomic mass is 16.3. The number of imidazole rings is 1. The summed E-state index contributed by atoms with van der Waals surface area (Å²) in [6.07, 6.45) is 10.3. The molecule has 0 amide bonds. The normalized spacial score (nSPS) is 23.0. The van der Waals surface area contributed by atoms with Crippen molar-refractivity contribution in [3.8, 4) is 5.82 Å². The highest BCUT2D eigenvalue weighted by molar-refractivity contribution is 5.35. The van der Waals surface area contributed by atoms with Crippen LogP contribution in [0.5, 0.6) is 0 Å². The van der Waals surface area contributed by atoms with Gasteiger partial charge in [-0.25, -0.2) is 14.6 Å². The molecular formula is C17H21N7O. The topological polar surface area (TPSA) is 93.7 Å². The van der Waals surface area contributed by atoms with E-state index in [1.165, 1.54) is 0 Å². The van der Waals surface area contributed by atoms with Gasteiger partial charge in [0.25, 0.3) is 0 Å². The third kappa shape index (κ3) is 3.53. The van der Waals surface area contributed by atoms with Gasteiger partial charge in [0.05, 0.1) is 18.5 Å². The van der Waals surface area contributed by atoms with E-state index in [-0.39, 0.29) is 6.04 Å². The van der Waals surface area contributed by atoms with Gasteiger partial charge in [-0.2, -0.15) is 10.1 Å². The van der Waals surface area contributed by atoms with Crippen molar-refractivity contribution in [1.82, 2.24) is 29.3 Å². The second-order valence-corrected chi connectivity index (χ2v) is 6.56. The number of aliphatic hydroxyl groups excluding tert-OH is 1. The number of aryl methyl sites for hydroxylation is 1. The molecule has 2 N–H and O–H groups in total. The molecule has 0 saturated heterocycles. The molecule has 130 valence electrons. The number of rotatable bonds is 5. The minimum Gasteiger partial charge on any atom is -0.391 e. The summed E-state index contributed by atoms with van der Waals surface area (Å²) in [6.45, 7) is 2.79. The van der Waals surface area contributed by atoms with Crippen molar-refractivity contribution in [1.29, 1.82) is 0 Å². The maximum Gasteiger partial charge on any atom is 0.225 e. The molecule has 3 atom stereocenters. The smallest absolute Gasteiger partial charge is 0.225 e. The second-order valence-electron chi connectivity index (χ2n) is 6.56. The third-order valence-electron chi connectivity index (χ3n) is 4.55. The highest BCUT2D eigenvalue weighted by Crippen LogP contribution is 2.29. The van der Waals surface area contributed by atoms with Gasteiger partial charge in [-0.05, 0) is 31.7 Å². The summed E-state index contributed by atoms with van der Waals surface area (Å²) in [6, 6.07) is 3.68. The van der Waals surface area contributed by atoms with E-state index >= 15 is 0 Å². The summed E-state index contributed by atoms with van der Waals surface area (Å²) in [4.78, 5) is 13.0. The molecule has 3 aromatic heterocycles. The first-order chi connectivity index (χ1) is 12.2. The fourth-order valence-corrected chi connectivity index (χ4v) is 3.42. The maximum atomic E-state index is 10.4. The number of aliphatic hydroxyl groups is 1. The lowest BCUT2D eigenvalue weighted by molar-refractivity contribution is 0.166. The number of nitrogens with one attached hydrogen (secondary N) is 1. The summed E-state index contributed by atoms with van der Waals surface area (Å²) in [5.41, 5.74) is 0.852. The van der Waals surface area contributed by atoms with E-state index in [0.29, 0.717) is 17.7 Å². The van der Waals surface area contributed by atoms with E-state index in [1.54, 1.807) is 17.1 Å². The zero-order chi connectivity index (χ0) is 17.2. The summed E-state index contributed by atoms with van der Waals surface area (Å²) in [5.74, 6) is 1.64. The Hall–Kier alpha value is -2.74. The van der Waals surface area contributed by atoms with Crippen molar-refractivity contribution in [2.45, 2.75) is 38.5 Å². The van der Waals surface area contributed by atoms with Gasteiger partial charge in [0, 0.05) is 43.1 Å². The van der Waals surface area contributed by atoms with E-state index in [4.69, 9.17) is 0 Å². The quantitative estimate of drug-likeness (QED) is 0.730. The van der Waals surface area contributed by atoms with E-state index in [1.807, 2.05) is 37.8 Å². The van der Waals surface area contributed by atoms with Crippen LogP contribution in [-0.2, 0) is 6.54 Å². The highest BCUT2D eigenvalue weighted by Gasteiger charge is 2.33. The number of hydrogen-bond acceptors (Lipinski definition) is 6. The molecule has 4 rings (SSSR count). The summed E-state index contributed by atoms with van der Waals surface area (Å²) in [7, 11) is 0. The van der Waals surface area contributed by atoms with Crippen LogP contribution in [0, 0.1) is 12.8 Å². The van der Waals surface area contributed by atoms with Crippen LogP contribution in [0.15, 0.2) is 43.2 Å². The first-order valence-corrected chi connectivity index (χ1v) is 8.43. The van der Waals surface area contributed by atoms with Gasteiger partial charge in [-0.3, -0.25) is 0 Å². The lowest BCUT2D eigenvalue weighted by Crippen LogP contribution is -2.29. The number of aromatic nitrogens is 6. The first kappa shape index (κ1) is 15.8. The van der Waals surface area contributed by atoms with Gasteiger partial charge in [0.2, 0.25) is 5.95 Å². The van der Waals surface area contributed by atoms with Gasteiger partial charge >= 0.3 is 0 Å².